The number of aromatic nitrogens is 1. The van der Waals surface area contributed by atoms with Gasteiger partial charge in [0.25, 0.3) is 0 Å². The summed E-state index contributed by atoms with van der Waals surface area (Å²) in [5, 5.41) is 23.7. The molecule has 0 aliphatic heterocycles. The van der Waals surface area contributed by atoms with Crippen molar-refractivity contribution in [3.8, 4) is 22.4 Å². The Kier molecular flexibility index (Phi) is 6.15. The van der Waals surface area contributed by atoms with E-state index in [9.17, 15) is 19.1 Å². The molecule has 0 spiro atoms. The molecule has 0 saturated heterocycles. The van der Waals surface area contributed by atoms with Crippen molar-refractivity contribution in [2.24, 2.45) is 11.8 Å². The molecule has 0 amide bonds. The number of rotatable bonds is 8. The molecule has 1 fully saturated rings. The fraction of sp³-hybridized carbons (Fsp3) is 0.148. The molecule has 1 heterocycles. The van der Waals surface area contributed by atoms with E-state index in [0.29, 0.717) is 28.4 Å². The number of aliphatic hydroxyl groups is 1. The Balaban J connectivity index is 1.27. The molecule has 8 heteroatoms. The first-order valence-corrected chi connectivity index (χ1v) is 11.9. The number of carboxylic acid groups (broad SMARTS) is 1. The van der Waals surface area contributed by atoms with E-state index in [1.807, 2.05) is 29.6 Å². The molecule has 1 saturated carbocycles. The van der Waals surface area contributed by atoms with E-state index in [4.69, 9.17) is 5.11 Å². The SMILES string of the molecule is O=C(O)C1C[C@@H]1C(=O)c1ccc(-c2ccc(Nc3nc(-c4ccc(CO)cc4)cs3)c(F)c2)cc1. The summed E-state index contributed by atoms with van der Waals surface area (Å²) in [6.45, 7) is -0.0185. The third-order valence-corrected chi connectivity index (χ3v) is 6.85. The van der Waals surface area contributed by atoms with Gasteiger partial charge < -0.3 is 15.5 Å². The number of hydrogen-bond acceptors (Lipinski definition) is 6. The Morgan fingerprint density at radius 3 is 2.29 bits per heavy atom. The first kappa shape index (κ1) is 22.9. The van der Waals surface area contributed by atoms with Crippen LogP contribution < -0.4 is 5.32 Å². The number of halogens is 1. The van der Waals surface area contributed by atoms with Crippen LogP contribution in [-0.2, 0) is 11.4 Å². The van der Waals surface area contributed by atoms with E-state index >= 15 is 0 Å². The van der Waals surface area contributed by atoms with Gasteiger partial charge >= 0.3 is 5.97 Å². The van der Waals surface area contributed by atoms with Gasteiger partial charge in [-0.25, -0.2) is 9.37 Å². The highest BCUT2D eigenvalue weighted by molar-refractivity contribution is 7.14. The zero-order valence-electron chi connectivity index (χ0n) is 18.4. The highest BCUT2D eigenvalue weighted by Crippen LogP contribution is 2.41. The van der Waals surface area contributed by atoms with Crippen molar-refractivity contribution in [3.63, 3.8) is 0 Å². The molecular weight excluding hydrogens is 467 g/mol. The maximum Gasteiger partial charge on any atom is 0.307 e. The number of carbonyl (C=O) groups excluding carboxylic acids is 1. The Morgan fingerprint density at radius 2 is 1.66 bits per heavy atom. The minimum atomic E-state index is -0.935. The van der Waals surface area contributed by atoms with Gasteiger partial charge in [-0.05, 0) is 35.2 Å². The molecule has 1 unspecified atom stereocenters. The molecule has 0 bridgehead atoms. The number of benzene rings is 3. The maximum atomic E-state index is 14.9. The fourth-order valence-corrected chi connectivity index (χ4v) is 4.69. The van der Waals surface area contributed by atoms with E-state index < -0.39 is 23.6 Å². The lowest BCUT2D eigenvalue weighted by molar-refractivity contribution is -0.138. The number of ketones is 1. The summed E-state index contributed by atoms with van der Waals surface area (Å²) < 4.78 is 14.9. The molecular formula is C27H21FN2O4S. The number of nitrogens with one attached hydrogen (secondary N) is 1. The van der Waals surface area contributed by atoms with Crippen LogP contribution in [0.4, 0.5) is 15.2 Å². The van der Waals surface area contributed by atoms with Crippen molar-refractivity contribution in [2.45, 2.75) is 13.0 Å². The molecule has 0 radical (unpaired) electrons. The van der Waals surface area contributed by atoms with E-state index in [0.717, 1.165) is 22.4 Å². The lowest BCUT2D eigenvalue weighted by Gasteiger charge is -2.08. The number of aliphatic carboxylic acids is 1. The number of thiazole rings is 1. The summed E-state index contributed by atoms with van der Waals surface area (Å²) in [6.07, 6.45) is 0.381. The Morgan fingerprint density at radius 1 is 0.971 bits per heavy atom. The Bertz CT molecular complexity index is 1400. The Hall–Kier alpha value is -3.88. The van der Waals surface area contributed by atoms with Gasteiger partial charge in [-0.3, -0.25) is 9.59 Å². The van der Waals surface area contributed by atoms with Gasteiger partial charge in [0.15, 0.2) is 10.9 Å². The van der Waals surface area contributed by atoms with Crippen LogP contribution in [0.3, 0.4) is 0 Å². The second-order valence-corrected chi connectivity index (χ2v) is 9.30. The number of aliphatic hydroxyl groups excluding tert-OH is 1. The normalized spacial score (nSPS) is 16.6. The zero-order valence-corrected chi connectivity index (χ0v) is 19.3. The lowest BCUT2D eigenvalue weighted by Crippen LogP contribution is -2.08. The van der Waals surface area contributed by atoms with Gasteiger partial charge in [-0.2, -0.15) is 0 Å². The highest BCUT2D eigenvalue weighted by Gasteiger charge is 2.48. The predicted molar refractivity (Wildman–Crippen MR) is 132 cm³/mol. The van der Waals surface area contributed by atoms with Crippen molar-refractivity contribution < 1.29 is 24.2 Å². The number of carboxylic acids is 1. The predicted octanol–water partition coefficient (Wildman–Crippen LogP) is 5.76. The lowest BCUT2D eigenvalue weighted by atomic mass is 10.00. The van der Waals surface area contributed by atoms with E-state index in [1.54, 1.807) is 36.4 Å². The molecule has 35 heavy (non-hydrogen) atoms. The van der Waals surface area contributed by atoms with Crippen molar-refractivity contribution in [1.82, 2.24) is 4.98 Å². The van der Waals surface area contributed by atoms with Crippen LogP contribution in [0.25, 0.3) is 22.4 Å². The van der Waals surface area contributed by atoms with Crippen LogP contribution in [-0.4, -0.2) is 26.9 Å². The van der Waals surface area contributed by atoms with Crippen LogP contribution in [0.1, 0.15) is 22.3 Å². The molecule has 3 aromatic carbocycles. The molecule has 1 aliphatic rings. The molecule has 1 aliphatic carbocycles. The van der Waals surface area contributed by atoms with Crippen LogP contribution >= 0.6 is 11.3 Å². The molecule has 176 valence electrons. The summed E-state index contributed by atoms with van der Waals surface area (Å²) in [5.74, 6) is -2.57. The fourth-order valence-electron chi connectivity index (χ4n) is 3.95. The topological polar surface area (TPSA) is 99.5 Å². The first-order valence-electron chi connectivity index (χ1n) is 11.0. The zero-order chi connectivity index (χ0) is 24.5. The van der Waals surface area contributed by atoms with Gasteiger partial charge in [0.05, 0.1) is 23.9 Å². The minimum absolute atomic E-state index is 0.0185. The standard InChI is InChI=1S/C27H21FN2O4S/c28-22-11-19(16-5-7-18(8-6-16)25(32)20-12-21(20)26(33)34)9-10-23(22)29-27-30-24(14-35-27)17-3-1-15(13-31)2-4-17/h1-11,14,20-21,31H,12-13H2,(H,29,30)(H,33,34)/t20-,21?/m0/s1. The molecule has 3 N–H and O–H groups in total. The monoisotopic (exact) mass is 488 g/mol. The van der Waals surface area contributed by atoms with Gasteiger partial charge in [-0.1, -0.05) is 54.6 Å². The number of nitrogens with zero attached hydrogens (tertiary/aromatic N) is 1. The summed E-state index contributed by atoms with van der Waals surface area (Å²) in [7, 11) is 0. The van der Waals surface area contributed by atoms with Gasteiger partial charge in [0, 0.05) is 22.4 Å². The number of anilines is 2. The average Bonchev–Trinajstić information content (AvgIpc) is 3.56. The largest absolute Gasteiger partial charge is 0.481 e. The van der Waals surface area contributed by atoms with Gasteiger partial charge in [0.2, 0.25) is 0 Å². The first-order chi connectivity index (χ1) is 16.9. The quantitative estimate of drug-likeness (QED) is 0.273. The number of Topliss-reactive ketones (excluding diaryl/α,β-unsaturated/α-hetero) is 1. The van der Waals surface area contributed by atoms with Gasteiger partial charge in [0.1, 0.15) is 5.82 Å². The van der Waals surface area contributed by atoms with Crippen LogP contribution in [0.2, 0.25) is 0 Å². The Labute approximate surface area is 204 Å². The third-order valence-electron chi connectivity index (χ3n) is 6.09. The van der Waals surface area contributed by atoms with Crippen LogP contribution in [0.15, 0.2) is 72.1 Å². The third kappa shape index (κ3) is 4.84. The maximum absolute atomic E-state index is 14.9. The summed E-state index contributed by atoms with van der Waals surface area (Å²) >= 11 is 1.37. The van der Waals surface area contributed by atoms with Crippen LogP contribution in [0, 0.1) is 17.7 Å². The summed E-state index contributed by atoms with van der Waals surface area (Å²) in [6, 6.07) is 19.1. The summed E-state index contributed by atoms with van der Waals surface area (Å²) in [4.78, 5) is 27.9. The van der Waals surface area contributed by atoms with Gasteiger partial charge in [-0.15, -0.1) is 11.3 Å². The van der Waals surface area contributed by atoms with E-state index in [-0.39, 0.29) is 12.4 Å². The van der Waals surface area contributed by atoms with Crippen molar-refractivity contribution in [1.29, 1.82) is 0 Å². The summed E-state index contributed by atoms with van der Waals surface area (Å²) in [5.41, 5.74) is 4.66. The second kappa shape index (κ2) is 9.40. The minimum Gasteiger partial charge on any atom is -0.481 e. The highest BCUT2D eigenvalue weighted by atomic mass is 32.1. The molecule has 6 nitrogen and oxygen atoms in total. The van der Waals surface area contributed by atoms with Crippen molar-refractivity contribution in [3.05, 3.63) is 89.1 Å². The number of hydrogen-bond donors (Lipinski definition) is 3. The molecule has 2 atom stereocenters. The second-order valence-electron chi connectivity index (χ2n) is 8.44. The molecule has 1 aromatic heterocycles. The number of carbonyl (C=O) groups is 2. The van der Waals surface area contributed by atoms with Crippen LogP contribution in [0.5, 0.6) is 0 Å². The van der Waals surface area contributed by atoms with Crippen molar-refractivity contribution in [2.75, 3.05) is 5.32 Å². The van der Waals surface area contributed by atoms with E-state index in [2.05, 4.69) is 10.3 Å². The average molecular weight is 489 g/mol. The van der Waals surface area contributed by atoms with Crippen molar-refractivity contribution >= 4 is 33.9 Å². The molecule has 4 aromatic rings. The van der Waals surface area contributed by atoms with E-state index in [1.165, 1.54) is 17.4 Å². The smallest absolute Gasteiger partial charge is 0.307 e. The molecule has 5 rings (SSSR count).